The fraction of sp³-hybridized carbons (Fsp3) is 0.143. The highest BCUT2D eigenvalue weighted by Crippen LogP contribution is 2.23. The van der Waals surface area contributed by atoms with Gasteiger partial charge in [0.2, 0.25) is 0 Å². The summed E-state index contributed by atoms with van der Waals surface area (Å²) in [6.45, 7) is 2.23. The second kappa shape index (κ2) is 12.3. The fourth-order valence-corrected chi connectivity index (χ4v) is 7.56. The minimum atomic E-state index is -1.98. The van der Waals surface area contributed by atoms with Crippen LogP contribution in [0.1, 0.15) is 16.7 Å². The first kappa shape index (κ1) is 23.9. The lowest BCUT2D eigenvalue weighted by atomic mass is 10.0. The number of hydrogen-bond acceptors (Lipinski definition) is 2. The Labute approximate surface area is 195 Å². The van der Waals surface area contributed by atoms with Gasteiger partial charge in [-0.1, -0.05) is 121 Å². The molecule has 0 amide bonds. The van der Waals surface area contributed by atoms with E-state index >= 15 is 0 Å². The molecule has 4 aromatic rings. The van der Waals surface area contributed by atoms with Gasteiger partial charge in [0.1, 0.15) is 0 Å². The first-order valence-electron chi connectivity index (χ1n) is 10.9. The summed E-state index contributed by atoms with van der Waals surface area (Å²) in [5, 5.41) is 2.62. The van der Waals surface area contributed by atoms with Crippen molar-refractivity contribution in [1.29, 1.82) is 0 Å². The molecule has 0 aromatic heterocycles. The zero-order chi connectivity index (χ0) is 22.7. The van der Waals surface area contributed by atoms with E-state index in [1.54, 1.807) is 0 Å². The molecule has 0 heterocycles. The summed E-state index contributed by atoms with van der Waals surface area (Å²) >= 11 is 0. The highest BCUT2D eigenvalue weighted by molar-refractivity contribution is 6.96. The number of rotatable bonds is 7. The van der Waals surface area contributed by atoms with Crippen molar-refractivity contribution >= 4 is 28.5 Å². The van der Waals surface area contributed by atoms with Crippen molar-refractivity contribution in [1.82, 2.24) is 0 Å². The van der Waals surface area contributed by atoms with Crippen LogP contribution in [-0.2, 0) is 8.85 Å². The van der Waals surface area contributed by atoms with E-state index in [2.05, 4.69) is 116 Å². The lowest BCUT2D eigenvalue weighted by Gasteiger charge is -2.26. The van der Waals surface area contributed by atoms with Crippen LogP contribution in [0.2, 0.25) is 6.55 Å². The van der Waals surface area contributed by atoms with E-state index < -0.39 is 18.1 Å². The summed E-state index contributed by atoms with van der Waals surface area (Å²) in [5.41, 5.74) is 3.19. The number of hydrogen-bond donors (Lipinski definition) is 0. The molecule has 0 N–H and O–H groups in total. The lowest BCUT2D eigenvalue weighted by Crippen LogP contribution is -2.57. The first-order valence-corrected chi connectivity index (χ1v) is 14.7. The highest BCUT2D eigenvalue weighted by atomic mass is 28.4. The Kier molecular flexibility index (Phi) is 9.19. The highest BCUT2D eigenvalue weighted by Gasteiger charge is 2.32. The summed E-state index contributed by atoms with van der Waals surface area (Å²) in [4.78, 5) is 0. The zero-order valence-corrected chi connectivity index (χ0v) is 21.6. The molecule has 4 heteroatoms. The normalized spacial score (nSPS) is 11.4. The molecule has 32 heavy (non-hydrogen) atoms. The Hall–Kier alpha value is -2.77. The van der Waals surface area contributed by atoms with Crippen LogP contribution in [0, 0.1) is 0 Å². The molecule has 0 atom stereocenters. The molecule has 0 aliphatic carbocycles. The van der Waals surface area contributed by atoms with Gasteiger partial charge in [-0.05, 0) is 28.0 Å². The van der Waals surface area contributed by atoms with Gasteiger partial charge in [0.15, 0.2) is 9.76 Å². The quantitative estimate of drug-likeness (QED) is 0.381. The largest absolute Gasteiger partial charge is 0.426 e. The summed E-state index contributed by atoms with van der Waals surface area (Å²) in [5.74, 6) is 0. The first-order chi connectivity index (χ1) is 15.7. The van der Waals surface area contributed by atoms with Crippen molar-refractivity contribution in [2.24, 2.45) is 0 Å². The average Bonchev–Trinajstić information content (AvgIpc) is 2.89. The van der Waals surface area contributed by atoms with E-state index in [0.29, 0.717) is 5.54 Å². The van der Waals surface area contributed by atoms with Gasteiger partial charge >= 0.3 is 0 Å². The van der Waals surface area contributed by atoms with Gasteiger partial charge in [-0.25, -0.2) is 0 Å². The Morgan fingerprint density at radius 2 is 0.906 bits per heavy atom. The van der Waals surface area contributed by atoms with E-state index in [1.807, 2.05) is 26.4 Å². The zero-order valence-electron chi connectivity index (χ0n) is 19.1. The standard InChI is InChI=1S/2C14H16OSi/c1-15-16(2,13-9-5-3-6-10-13)14-11-7-4-8-12-14;1-15-16-14(12-8-4-2-5-9-12)13-10-6-3-7-11-13/h3-12H,1-2H3;2-11,14H,16H2,1H3. The van der Waals surface area contributed by atoms with E-state index in [4.69, 9.17) is 8.85 Å². The predicted octanol–water partition coefficient (Wildman–Crippen LogP) is 4.53. The Morgan fingerprint density at radius 1 is 0.562 bits per heavy atom. The van der Waals surface area contributed by atoms with Gasteiger partial charge in [0.05, 0.1) is 0 Å². The van der Waals surface area contributed by atoms with Crippen molar-refractivity contribution in [3.63, 3.8) is 0 Å². The van der Waals surface area contributed by atoms with Crippen molar-refractivity contribution in [2.75, 3.05) is 14.2 Å². The van der Waals surface area contributed by atoms with Crippen molar-refractivity contribution in [2.45, 2.75) is 12.1 Å². The topological polar surface area (TPSA) is 18.5 Å². The molecule has 0 aliphatic rings. The molecule has 0 saturated carbocycles. The predicted molar refractivity (Wildman–Crippen MR) is 141 cm³/mol. The minimum Gasteiger partial charge on any atom is -0.426 e. The van der Waals surface area contributed by atoms with Crippen molar-refractivity contribution < 1.29 is 8.85 Å². The maximum Gasteiger partial charge on any atom is 0.252 e. The van der Waals surface area contributed by atoms with E-state index in [0.717, 1.165) is 0 Å². The van der Waals surface area contributed by atoms with Gasteiger partial charge in [-0.2, -0.15) is 0 Å². The lowest BCUT2D eigenvalue weighted by molar-refractivity contribution is 0.421. The minimum absolute atomic E-state index is 0.465. The van der Waals surface area contributed by atoms with Crippen LogP contribution < -0.4 is 10.4 Å². The second-order valence-corrected chi connectivity index (χ2v) is 13.2. The van der Waals surface area contributed by atoms with Crippen LogP contribution in [0.25, 0.3) is 0 Å². The molecule has 164 valence electrons. The average molecular weight is 457 g/mol. The molecule has 0 fully saturated rings. The monoisotopic (exact) mass is 456 g/mol. The van der Waals surface area contributed by atoms with Crippen molar-refractivity contribution in [3.05, 3.63) is 132 Å². The molecular formula is C28H32O2Si2. The maximum absolute atomic E-state index is 5.85. The molecule has 0 bridgehead atoms. The smallest absolute Gasteiger partial charge is 0.252 e. The van der Waals surface area contributed by atoms with Gasteiger partial charge in [0, 0.05) is 19.8 Å². The Morgan fingerprint density at radius 3 is 1.22 bits per heavy atom. The van der Waals surface area contributed by atoms with Crippen LogP contribution in [-0.4, -0.2) is 32.3 Å². The van der Waals surface area contributed by atoms with Gasteiger partial charge in [-0.3, -0.25) is 0 Å². The van der Waals surface area contributed by atoms with Gasteiger partial charge < -0.3 is 8.85 Å². The molecule has 4 aromatic carbocycles. The summed E-state index contributed by atoms with van der Waals surface area (Å²) in [7, 11) is 1.09. The van der Waals surface area contributed by atoms with Crippen molar-refractivity contribution in [3.8, 4) is 0 Å². The summed E-state index contributed by atoms with van der Waals surface area (Å²) in [6, 6.07) is 42.2. The third-order valence-corrected chi connectivity index (χ3v) is 11.1. The molecule has 0 unspecified atom stereocenters. The second-order valence-electron chi connectivity index (χ2n) is 7.80. The third kappa shape index (κ3) is 6.14. The van der Waals surface area contributed by atoms with E-state index in [-0.39, 0.29) is 0 Å². The molecule has 4 rings (SSSR count). The van der Waals surface area contributed by atoms with Gasteiger partial charge in [-0.15, -0.1) is 0 Å². The van der Waals surface area contributed by atoms with E-state index in [1.165, 1.54) is 21.5 Å². The SMILES string of the molecule is CO[SiH2]C(c1ccccc1)c1ccccc1.CO[Si](C)(c1ccccc1)c1ccccc1. The molecule has 0 spiro atoms. The van der Waals surface area contributed by atoms with Crippen LogP contribution >= 0.6 is 0 Å². The van der Waals surface area contributed by atoms with Crippen LogP contribution in [0.3, 0.4) is 0 Å². The molecular weight excluding hydrogens is 424 g/mol. The Balaban J connectivity index is 0.000000181. The Bertz CT molecular complexity index is 947. The summed E-state index contributed by atoms with van der Waals surface area (Å²) < 4.78 is 11.3. The molecule has 0 radical (unpaired) electrons. The molecule has 0 aliphatic heterocycles. The number of benzene rings is 4. The summed E-state index contributed by atoms with van der Waals surface area (Å²) in [6.07, 6.45) is 0. The van der Waals surface area contributed by atoms with Crippen LogP contribution in [0.5, 0.6) is 0 Å². The molecule has 0 saturated heterocycles. The van der Waals surface area contributed by atoms with Crippen LogP contribution in [0.4, 0.5) is 0 Å². The maximum atomic E-state index is 5.85. The molecule has 2 nitrogen and oxygen atoms in total. The van der Waals surface area contributed by atoms with Crippen LogP contribution in [0.15, 0.2) is 121 Å². The fourth-order valence-electron chi connectivity index (χ4n) is 3.84. The van der Waals surface area contributed by atoms with E-state index in [9.17, 15) is 0 Å². The third-order valence-electron chi connectivity index (χ3n) is 5.79. The van der Waals surface area contributed by atoms with Gasteiger partial charge in [0.25, 0.3) is 8.32 Å².